The fourth-order valence-corrected chi connectivity index (χ4v) is 3.17. The van der Waals surface area contributed by atoms with Crippen LogP contribution in [0.5, 0.6) is 0 Å². The van der Waals surface area contributed by atoms with Crippen LogP contribution in [0.25, 0.3) is 11.1 Å². The summed E-state index contributed by atoms with van der Waals surface area (Å²) >= 11 is 0. The van der Waals surface area contributed by atoms with Crippen molar-refractivity contribution in [3.05, 3.63) is 131 Å². The SMILES string of the molecule is CC(C)(C)C(=O)O.CCC(=O)O.O=C(O)Cc1ccccc1.O=C(O)c1ccccc1-c1ccccc1.O=C(O)c1ccccc1C(=O)O. The second-order valence-corrected chi connectivity index (χ2v) is 10.7. The van der Waals surface area contributed by atoms with Gasteiger partial charge in [0, 0.05) is 6.42 Å². The van der Waals surface area contributed by atoms with Crippen molar-refractivity contribution in [2.45, 2.75) is 40.5 Å². The lowest BCUT2D eigenvalue weighted by Gasteiger charge is -2.08. The number of benzene rings is 4. The topological polar surface area (TPSA) is 224 Å². The van der Waals surface area contributed by atoms with Crippen LogP contribution in [0.15, 0.2) is 109 Å². The molecule has 49 heavy (non-hydrogen) atoms. The Morgan fingerprint density at radius 3 is 1.14 bits per heavy atom. The number of carboxylic acid groups (broad SMARTS) is 6. The van der Waals surface area contributed by atoms with Gasteiger partial charge in [0.2, 0.25) is 0 Å². The van der Waals surface area contributed by atoms with Gasteiger partial charge >= 0.3 is 35.8 Å². The van der Waals surface area contributed by atoms with Gasteiger partial charge in [0.05, 0.1) is 28.5 Å². The standard InChI is InChI=1S/C13H10O2.C8H6O4.C8H8O2.C5H10O2.C3H6O2/c14-13(15)12-9-5-4-8-11(12)10-6-2-1-3-7-10;9-7(10)5-3-1-2-4-6(5)8(11)12;9-8(10)6-7-4-2-1-3-5-7;1-5(2,3)4(6)7;1-2-3(4)5/h1-9H,(H,14,15);1-4H,(H,9,10)(H,11,12);1-5H,6H2,(H,9,10);1-3H3,(H,6,7);2H2,1H3,(H,4,5). The summed E-state index contributed by atoms with van der Waals surface area (Å²) in [5.41, 5.74) is 1.90. The maximum Gasteiger partial charge on any atom is 0.336 e. The van der Waals surface area contributed by atoms with E-state index in [1.54, 1.807) is 52.0 Å². The number of aromatic carboxylic acids is 3. The Hall–Kier alpha value is -6.30. The third-order valence-corrected chi connectivity index (χ3v) is 5.77. The van der Waals surface area contributed by atoms with E-state index in [1.807, 2.05) is 60.7 Å². The molecule has 12 nitrogen and oxygen atoms in total. The third-order valence-electron chi connectivity index (χ3n) is 5.77. The molecular formula is C37H40O12. The van der Waals surface area contributed by atoms with E-state index in [9.17, 15) is 28.8 Å². The van der Waals surface area contributed by atoms with Crippen LogP contribution in [0.1, 0.15) is 70.8 Å². The summed E-state index contributed by atoms with van der Waals surface area (Å²) in [4.78, 5) is 61.5. The van der Waals surface area contributed by atoms with E-state index in [0.29, 0.717) is 5.56 Å². The largest absolute Gasteiger partial charge is 0.481 e. The van der Waals surface area contributed by atoms with Crippen LogP contribution in [-0.4, -0.2) is 66.5 Å². The number of aliphatic carboxylic acids is 3. The summed E-state index contributed by atoms with van der Waals surface area (Å²) in [6.07, 6.45) is 0.334. The van der Waals surface area contributed by atoms with E-state index in [-0.39, 0.29) is 24.0 Å². The lowest BCUT2D eigenvalue weighted by molar-refractivity contribution is -0.146. The van der Waals surface area contributed by atoms with Crippen LogP contribution in [0.4, 0.5) is 0 Å². The van der Waals surface area contributed by atoms with Gasteiger partial charge in [-0.05, 0) is 55.7 Å². The minimum absolute atomic E-state index is 0.112. The Morgan fingerprint density at radius 1 is 0.490 bits per heavy atom. The Kier molecular flexibility index (Phi) is 19.4. The fraction of sp³-hybridized carbons (Fsp3) is 0.189. The van der Waals surface area contributed by atoms with Crippen molar-refractivity contribution >= 4 is 35.8 Å². The first kappa shape index (κ1) is 42.7. The minimum Gasteiger partial charge on any atom is -0.481 e. The molecule has 0 atom stereocenters. The van der Waals surface area contributed by atoms with E-state index < -0.39 is 41.2 Å². The number of carbonyl (C=O) groups is 6. The van der Waals surface area contributed by atoms with Gasteiger partial charge in [0.25, 0.3) is 0 Å². The molecule has 0 radical (unpaired) electrons. The van der Waals surface area contributed by atoms with Crippen molar-refractivity contribution in [3.63, 3.8) is 0 Å². The van der Waals surface area contributed by atoms with Crippen molar-refractivity contribution in [2.75, 3.05) is 0 Å². The van der Waals surface area contributed by atoms with Crippen molar-refractivity contribution < 1.29 is 59.4 Å². The second kappa shape index (κ2) is 22.3. The van der Waals surface area contributed by atoms with Crippen LogP contribution in [0.2, 0.25) is 0 Å². The molecule has 0 unspecified atom stereocenters. The second-order valence-electron chi connectivity index (χ2n) is 10.7. The molecule has 0 spiro atoms. The Bertz CT molecular complexity index is 1620. The summed E-state index contributed by atoms with van der Waals surface area (Å²) in [6, 6.07) is 31.1. The zero-order valence-corrected chi connectivity index (χ0v) is 27.4. The Balaban J connectivity index is 0.000000617. The van der Waals surface area contributed by atoms with Crippen LogP contribution < -0.4 is 0 Å². The van der Waals surface area contributed by atoms with Gasteiger partial charge in [-0.3, -0.25) is 14.4 Å². The van der Waals surface area contributed by atoms with Crippen molar-refractivity contribution in [2.24, 2.45) is 5.41 Å². The molecule has 0 amide bonds. The van der Waals surface area contributed by atoms with Crippen molar-refractivity contribution in [3.8, 4) is 11.1 Å². The molecule has 0 bridgehead atoms. The molecule has 0 aromatic heterocycles. The van der Waals surface area contributed by atoms with Gasteiger partial charge in [0.1, 0.15) is 0 Å². The summed E-state index contributed by atoms with van der Waals surface area (Å²) in [7, 11) is 0. The van der Waals surface area contributed by atoms with E-state index in [0.717, 1.165) is 16.7 Å². The van der Waals surface area contributed by atoms with Gasteiger partial charge in [-0.2, -0.15) is 0 Å². The molecule has 0 fully saturated rings. The van der Waals surface area contributed by atoms with Crippen LogP contribution in [-0.2, 0) is 20.8 Å². The Morgan fingerprint density at radius 2 is 0.816 bits per heavy atom. The van der Waals surface area contributed by atoms with Crippen LogP contribution in [0.3, 0.4) is 0 Å². The molecule has 12 heteroatoms. The zero-order chi connectivity index (χ0) is 37.6. The highest BCUT2D eigenvalue weighted by Gasteiger charge is 2.18. The lowest BCUT2D eigenvalue weighted by Crippen LogP contribution is -2.18. The summed E-state index contributed by atoms with van der Waals surface area (Å²) in [5, 5.41) is 50.5. The molecule has 4 aromatic carbocycles. The first-order valence-corrected chi connectivity index (χ1v) is 14.6. The number of rotatable bonds is 7. The van der Waals surface area contributed by atoms with E-state index in [1.165, 1.54) is 24.3 Å². The molecule has 6 N–H and O–H groups in total. The summed E-state index contributed by atoms with van der Waals surface area (Å²) in [5.74, 6) is -5.64. The molecule has 4 aromatic rings. The molecule has 0 saturated carbocycles. The predicted molar refractivity (Wildman–Crippen MR) is 182 cm³/mol. The minimum atomic E-state index is -1.23. The van der Waals surface area contributed by atoms with Crippen LogP contribution >= 0.6 is 0 Å². The van der Waals surface area contributed by atoms with Gasteiger partial charge in [-0.25, -0.2) is 14.4 Å². The van der Waals surface area contributed by atoms with E-state index in [2.05, 4.69) is 0 Å². The molecule has 0 aliphatic carbocycles. The number of hydrogen-bond donors (Lipinski definition) is 6. The highest BCUT2D eigenvalue weighted by Crippen LogP contribution is 2.23. The lowest BCUT2D eigenvalue weighted by atomic mass is 9.98. The highest BCUT2D eigenvalue weighted by atomic mass is 16.4. The molecule has 260 valence electrons. The van der Waals surface area contributed by atoms with Gasteiger partial charge < -0.3 is 30.6 Å². The highest BCUT2D eigenvalue weighted by molar-refractivity contribution is 6.01. The first-order valence-electron chi connectivity index (χ1n) is 14.6. The van der Waals surface area contributed by atoms with Crippen molar-refractivity contribution in [1.82, 2.24) is 0 Å². The van der Waals surface area contributed by atoms with Gasteiger partial charge in [-0.15, -0.1) is 0 Å². The monoisotopic (exact) mass is 676 g/mol. The average Bonchev–Trinajstić information content (AvgIpc) is 3.06. The van der Waals surface area contributed by atoms with Gasteiger partial charge in [-0.1, -0.05) is 97.9 Å². The summed E-state index contributed by atoms with van der Waals surface area (Å²) in [6.45, 7) is 6.59. The average molecular weight is 677 g/mol. The maximum atomic E-state index is 11.0. The van der Waals surface area contributed by atoms with Crippen LogP contribution in [0, 0.1) is 5.41 Å². The zero-order valence-electron chi connectivity index (χ0n) is 27.4. The third kappa shape index (κ3) is 18.4. The predicted octanol–water partition coefficient (Wildman–Crippen LogP) is 7.05. The first-order chi connectivity index (χ1) is 22.9. The summed E-state index contributed by atoms with van der Waals surface area (Å²) < 4.78 is 0. The molecule has 0 aliphatic heterocycles. The molecule has 4 rings (SSSR count). The number of carboxylic acids is 6. The smallest absolute Gasteiger partial charge is 0.336 e. The van der Waals surface area contributed by atoms with Gasteiger partial charge in [0.15, 0.2) is 0 Å². The molecule has 0 aliphatic rings. The normalized spacial score (nSPS) is 9.55. The maximum absolute atomic E-state index is 11.0. The molecule has 0 saturated heterocycles. The quantitative estimate of drug-likeness (QED) is 0.116. The van der Waals surface area contributed by atoms with E-state index >= 15 is 0 Å². The fourth-order valence-electron chi connectivity index (χ4n) is 3.17. The Labute approximate surface area is 283 Å². The molecule has 0 heterocycles. The van der Waals surface area contributed by atoms with Crippen molar-refractivity contribution in [1.29, 1.82) is 0 Å². The van der Waals surface area contributed by atoms with E-state index in [4.69, 9.17) is 30.6 Å². The number of hydrogen-bond acceptors (Lipinski definition) is 6. The molecular weight excluding hydrogens is 636 g/mol.